The molecule has 6 nitrogen and oxygen atoms in total. The molecule has 0 aliphatic heterocycles. The third kappa shape index (κ3) is 3.72. The second kappa shape index (κ2) is 6.43. The zero-order valence-electron chi connectivity index (χ0n) is 13.6. The van der Waals surface area contributed by atoms with E-state index in [1.165, 1.54) is 0 Å². The number of carbonyl (C=O) groups excluding carboxylic acids is 1. The van der Waals surface area contributed by atoms with E-state index in [1.807, 2.05) is 64.0 Å². The molecule has 2 amide bonds. The lowest BCUT2D eigenvalue weighted by molar-refractivity contribution is 0.262. The maximum absolute atomic E-state index is 12.1. The molecule has 116 valence electrons. The molecule has 1 heterocycles. The topological polar surface area (TPSA) is 70.2 Å². The number of nitrogens with one attached hydrogen (secondary N) is 2. The Hall–Kier alpha value is -2.63. The molecule has 1 aromatic heterocycles. The number of anilines is 3. The Morgan fingerprint density at radius 3 is 2.00 bits per heavy atom. The van der Waals surface area contributed by atoms with Crippen molar-refractivity contribution in [2.75, 3.05) is 29.6 Å². The average molecular weight is 299 g/mol. The molecule has 0 saturated heterocycles. The molecule has 0 aliphatic rings. The van der Waals surface area contributed by atoms with Crippen molar-refractivity contribution < 1.29 is 4.79 Å². The first-order valence-electron chi connectivity index (χ1n) is 7.04. The van der Waals surface area contributed by atoms with Gasteiger partial charge in [0, 0.05) is 19.8 Å². The highest BCUT2D eigenvalue weighted by Gasteiger charge is 2.12. The van der Waals surface area contributed by atoms with Gasteiger partial charge in [-0.3, -0.25) is 0 Å². The summed E-state index contributed by atoms with van der Waals surface area (Å²) in [6.45, 7) is 5.70. The van der Waals surface area contributed by atoms with Gasteiger partial charge in [0.25, 0.3) is 0 Å². The van der Waals surface area contributed by atoms with Crippen LogP contribution in [0.2, 0.25) is 0 Å². The number of carbonyl (C=O) groups is 1. The van der Waals surface area contributed by atoms with E-state index >= 15 is 0 Å². The molecule has 0 aliphatic carbocycles. The lowest BCUT2D eigenvalue weighted by Crippen LogP contribution is -2.22. The highest BCUT2D eigenvalue weighted by atomic mass is 16.2. The Morgan fingerprint density at radius 2 is 1.50 bits per heavy atom. The number of urea groups is 1. The molecular formula is C16H21N5O. The molecule has 2 aromatic rings. The molecule has 6 heteroatoms. The first-order valence-corrected chi connectivity index (χ1v) is 7.04. The second-order valence-electron chi connectivity index (χ2n) is 5.41. The van der Waals surface area contributed by atoms with Gasteiger partial charge < -0.3 is 15.5 Å². The fourth-order valence-electron chi connectivity index (χ4n) is 1.99. The summed E-state index contributed by atoms with van der Waals surface area (Å²) < 4.78 is 0. The second-order valence-corrected chi connectivity index (χ2v) is 5.41. The maximum Gasteiger partial charge on any atom is 0.323 e. The summed E-state index contributed by atoms with van der Waals surface area (Å²) in [6.07, 6.45) is 0. The van der Waals surface area contributed by atoms with Crippen LogP contribution >= 0.6 is 0 Å². The van der Waals surface area contributed by atoms with Gasteiger partial charge in [0.2, 0.25) is 5.95 Å². The number of nitrogens with zero attached hydrogens (tertiary/aromatic N) is 3. The van der Waals surface area contributed by atoms with Crippen LogP contribution in [0.4, 0.5) is 22.1 Å². The van der Waals surface area contributed by atoms with E-state index in [0.29, 0.717) is 11.6 Å². The van der Waals surface area contributed by atoms with Crippen LogP contribution < -0.4 is 15.5 Å². The molecule has 0 bridgehead atoms. The summed E-state index contributed by atoms with van der Waals surface area (Å²) in [6, 6.07) is 7.30. The fraction of sp³-hybridized carbons (Fsp3) is 0.312. The molecule has 0 spiro atoms. The SMILES string of the molecule is Cc1ccc(NC(=O)Nc2c(C)nc(N(C)C)nc2C)cc1. The average Bonchev–Trinajstić information content (AvgIpc) is 2.45. The number of amides is 2. The number of aryl methyl sites for hydroxylation is 3. The zero-order valence-corrected chi connectivity index (χ0v) is 13.6. The van der Waals surface area contributed by atoms with Gasteiger partial charge in [-0.1, -0.05) is 17.7 Å². The maximum atomic E-state index is 12.1. The van der Waals surface area contributed by atoms with E-state index in [4.69, 9.17) is 0 Å². The normalized spacial score (nSPS) is 10.2. The molecule has 2 rings (SSSR count). The lowest BCUT2D eigenvalue weighted by atomic mass is 10.2. The van der Waals surface area contributed by atoms with Crippen molar-refractivity contribution in [3.63, 3.8) is 0 Å². The van der Waals surface area contributed by atoms with E-state index in [1.54, 1.807) is 0 Å². The Balaban J connectivity index is 2.13. The van der Waals surface area contributed by atoms with Gasteiger partial charge in [-0.05, 0) is 32.9 Å². The van der Waals surface area contributed by atoms with Gasteiger partial charge >= 0.3 is 6.03 Å². The number of hydrogen-bond donors (Lipinski definition) is 2. The minimum Gasteiger partial charge on any atom is -0.347 e. The first kappa shape index (κ1) is 15.8. The van der Waals surface area contributed by atoms with Crippen LogP contribution in [-0.4, -0.2) is 30.1 Å². The van der Waals surface area contributed by atoms with Gasteiger partial charge in [0.1, 0.15) is 0 Å². The molecule has 0 fully saturated rings. The Morgan fingerprint density at radius 1 is 0.955 bits per heavy atom. The molecule has 0 saturated carbocycles. The quantitative estimate of drug-likeness (QED) is 0.913. The predicted molar refractivity (Wildman–Crippen MR) is 89.7 cm³/mol. The Bertz CT molecular complexity index is 656. The molecule has 2 N–H and O–H groups in total. The van der Waals surface area contributed by atoms with Crippen molar-refractivity contribution in [3.05, 3.63) is 41.2 Å². The molecule has 0 unspecified atom stereocenters. The number of benzene rings is 1. The molecule has 0 radical (unpaired) electrons. The van der Waals surface area contributed by atoms with E-state index in [2.05, 4.69) is 20.6 Å². The van der Waals surface area contributed by atoms with Crippen LogP contribution in [0.15, 0.2) is 24.3 Å². The van der Waals surface area contributed by atoms with E-state index in [9.17, 15) is 4.79 Å². The Labute approximate surface area is 130 Å². The van der Waals surface area contributed by atoms with Crippen LogP contribution in [0.25, 0.3) is 0 Å². The highest BCUT2D eigenvalue weighted by molar-refractivity contribution is 6.00. The number of rotatable bonds is 3. The van der Waals surface area contributed by atoms with Crippen molar-refractivity contribution in [2.45, 2.75) is 20.8 Å². The lowest BCUT2D eigenvalue weighted by Gasteiger charge is -2.16. The third-order valence-corrected chi connectivity index (χ3v) is 3.21. The summed E-state index contributed by atoms with van der Waals surface area (Å²) in [7, 11) is 3.76. The summed E-state index contributed by atoms with van der Waals surface area (Å²) in [4.78, 5) is 22.7. The highest BCUT2D eigenvalue weighted by Crippen LogP contribution is 2.20. The van der Waals surface area contributed by atoms with E-state index < -0.39 is 0 Å². The van der Waals surface area contributed by atoms with Crippen molar-refractivity contribution in [1.29, 1.82) is 0 Å². The molecule has 22 heavy (non-hydrogen) atoms. The molecular weight excluding hydrogens is 278 g/mol. The zero-order chi connectivity index (χ0) is 16.3. The smallest absolute Gasteiger partial charge is 0.323 e. The standard InChI is InChI=1S/C16H21N5O/c1-10-6-8-13(9-7-10)19-16(22)20-14-11(2)17-15(21(4)5)18-12(14)3/h6-9H,1-5H3,(H2,19,20,22). The summed E-state index contributed by atoms with van der Waals surface area (Å²) in [5, 5.41) is 5.61. The third-order valence-electron chi connectivity index (χ3n) is 3.21. The van der Waals surface area contributed by atoms with Gasteiger partial charge in [0.05, 0.1) is 17.1 Å². The van der Waals surface area contributed by atoms with Crippen LogP contribution in [0.3, 0.4) is 0 Å². The van der Waals surface area contributed by atoms with Crippen molar-refractivity contribution in [2.24, 2.45) is 0 Å². The number of hydrogen-bond acceptors (Lipinski definition) is 4. The van der Waals surface area contributed by atoms with Crippen LogP contribution in [0.5, 0.6) is 0 Å². The van der Waals surface area contributed by atoms with Crippen LogP contribution in [0.1, 0.15) is 17.0 Å². The summed E-state index contributed by atoms with van der Waals surface area (Å²) in [5.41, 5.74) is 3.98. The van der Waals surface area contributed by atoms with Gasteiger partial charge in [-0.25, -0.2) is 14.8 Å². The summed E-state index contributed by atoms with van der Waals surface area (Å²) >= 11 is 0. The largest absolute Gasteiger partial charge is 0.347 e. The van der Waals surface area contributed by atoms with Crippen molar-refractivity contribution >= 4 is 23.4 Å². The minimum absolute atomic E-state index is 0.309. The summed E-state index contributed by atoms with van der Waals surface area (Å²) in [5.74, 6) is 0.625. The predicted octanol–water partition coefficient (Wildman–Crippen LogP) is 3.11. The van der Waals surface area contributed by atoms with Crippen LogP contribution in [-0.2, 0) is 0 Å². The minimum atomic E-state index is -0.309. The van der Waals surface area contributed by atoms with Crippen molar-refractivity contribution in [1.82, 2.24) is 9.97 Å². The fourth-order valence-corrected chi connectivity index (χ4v) is 1.99. The molecule has 1 aromatic carbocycles. The molecule has 0 atom stereocenters. The van der Waals surface area contributed by atoms with E-state index in [-0.39, 0.29) is 6.03 Å². The van der Waals surface area contributed by atoms with Gasteiger partial charge in [-0.15, -0.1) is 0 Å². The van der Waals surface area contributed by atoms with Gasteiger partial charge in [-0.2, -0.15) is 0 Å². The van der Waals surface area contributed by atoms with Gasteiger partial charge in [0.15, 0.2) is 0 Å². The number of aromatic nitrogens is 2. The Kier molecular flexibility index (Phi) is 4.60. The van der Waals surface area contributed by atoms with Crippen LogP contribution in [0, 0.1) is 20.8 Å². The van der Waals surface area contributed by atoms with E-state index in [0.717, 1.165) is 22.6 Å². The first-order chi connectivity index (χ1) is 10.4. The van der Waals surface area contributed by atoms with Crippen molar-refractivity contribution in [3.8, 4) is 0 Å². The monoisotopic (exact) mass is 299 g/mol.